The number of hydrogen-bond donors (Lipinski definition) is 2. The number of aromatic nitrogens is 2. The molecule has 38 heavy (non-hydrogen) atoms. The van der Waals surface area contributed by atoms with Crippen molar-refractivity contribution < 1.29 is 41.5 Å². The lowest BCUT2D eigenvalue weighted by atomic mass is 9.77. The number of fused-ring (bicyclic) bond motifs is 1. The molecule has 1 saturated carbocycles. The summed E-state index contributed by atoms with van der Waals surface area (Å²) in [6.07, 6.45) is -3.88. The molecule has 14 heteroatoms. The minimum atomic E-state index is -4.53. The summed E-state index contributed by atoms with van der Waals surface area (Å²) in [4.78, 5) is 49.9. The van der Waals surface area contributed by atoms with Crippen molar-refractivity contribution in [1.29, 1.82) is 0 Å². The van der Waals surface area contributed by atoms with Crippen LogP contribution in [0.25, 0.3) is 0 Å². The maximum Gasteiger partial charge on any atom is 0.419 e. The zero-order chi connectivity index (χ0) is 27.4. The number of nitrogens with one attached hydrogen (secondary N) is 2. The number of carbonyl (C=O) groups is 4. The average molecular weight is 537 g/mol. The van der Waals surface area contributed by atoms with Crippen molar-refractivity contribution >= 4 is 23.8 Å². The number of halogens is 4. The van der Waals surface area contributed by atoms with E-state index >= 15 is 4.39 Å². The quantitative estimate of drug-likeness (QED) is 0.447. The molecule has 3 heterocycles. The second kappa shape index (κ2) is 9.40. The Balaban J connectivity index is 1.16. The van der Waals surface area contributed by atoms with E-state index < -0.39 is 66.0 Å². The Morgan fingerprint density at radius 3 is 2.66 bits per heavy atom. The summed E-state index contributed by atoms with van der Waals surface area (Å²) < 4.78 is 61.1. The van der Waals surface area contributed by atoms with Crippen LogP contribution in [-0.4, -0.2) is 50.6 Å². The van der Waals surface area contributed by atoms with Crippen LogP contribution in [0.4, 0.5) is 22.4 Å². The third kappa shape index (κ3) is 4.58. The summed E-state index contributed by atoms with van der Waals surface area (Å²) in [6, 6.07) is 1.59. The molecule has 0 radical (unpaired) electrons. The highest BCUT2D eigenvalue weighted by atomic mass is 19.4. The van der Waals surface area contributed by atoms with Gasteiger partial charge in [-0.25, -0.2) is 9.18 Å². The largest absolute Gasteiger partial charge is 0.445 e. The molecule has 4 amide bonds. The minimum Gasteiger partial charge on any atom is -0.445 e. The monoisotopic (exact) mass is 537 g/mol. The summed E-state index contributed by atoms with van der Waals surface area (Å²) in [6.45, 7) is -0.471. The molecule has 1 aromatic carbocycles. The SMILES string of the molecule is Cn1ncc(C(F)(F)F)c1C1CC(NC(=O)OCc2ccc3c(c2F)C(=O)N(C2CCC(=O)NC2=O)C3)C1. The Hall–Kier alpha value is -3.97. The number of hydrogen-bond acceptors (Lipinski definition) is 6. The highest BCUT2D eigenvalue weighted by Crippen LogP contribution is 2.43. The van der Waals surface area contributed by atoms with Crippen LogP contribution in [0.5, 0.6) is 0 Å². The summed E-state index contributed by atoms with van der Waals surface area (Å²) in [7, 11) is 1.43. The van der Waals surface area contributed by atoms with Gasteiger partial charge >= 0.3 is 12.3 Å². The first-order valence-electron chi connectivity index (χ1n) is 11.9. The number of imide groups is 1. The predicted octanol–water partition coefficient (Wildman–Crippen LogP) is 2.51. The smallest absolute Gasteiger partial charge is 0.419 e. The molecule has 0 spiro atoms. The Kier molecular flexibility index (Phi) is 6.35. The molecule has 0 bridgehead atoms. The molecule has 1 aromatic heterocycles. The number of rotatable bonds is 5. The summed E-state index contributed by atoms with van der Waals surface area (Å²) in [5, 5.41) is 8.43. The van der Waals surface area contributed by atoms with Gasteiger partial charge in [0.2, 0.25) is 11.8 Å². The number of benzene rings is 1. The maximum absolute atomic E-state index is 15.2. The lowest BCUT2D eigenvalue weighted by Gasteiger charge is -2.36. The number of aryl methyl sites for hydroxylation is 1. The van der Waals surface area contributed by atoms with Crippen LogP contribution in [0.1, 0.15) is 64.3 Å². The number of amides is 4. The van der Waals surface area contributed by atoms with Gasteiger partial charge in [0.05, 0.1) is 23.0 Å². The number of carbonyl (C=O) groups excluding carboxylic acids is 4. The second-order valence-electron chi connectivity index (χ2n) is 9.62. The number of piperidine rings is 1. The van der Waals surface area contributed by atoms with Gasteiger partial charge in [-0.2, -0.15) is 18.3 Å². The fourth-order valence-corrected chi connectivity index (χ4v) is 5.22. The molecule has 2 fully saturated rings. The topological polar surface area (TPSA) is 123 Å². The maximum atomic E-state index is 15.2. The van der Waals surface area contributed by atoms with Crippen LogP contribution in [0, 0.1) is 5.82 Å². The van der Waals surface area contributed by atoms with E-state index in [1.807, 2.05) is 0 Å². The van der Waals surface area contributed by atoms with Crippen LogP contribution in [-0.2, 0) is 40.7 Å². The molecule has 202 valence electrons. The van der Waals surface area contributed by atoms with Crippen LogP contribution in [0.2, 0.25) is 0 Å². The van der Waals surface area contributed by atoms with Gasteiger partial charge in [0.1, 0.15) is 18.5 Å². The van der Waals surface area contributed by atoms with E-state index in [9.17, 15) is 32.3 Å². The molecule has 3 aliphatic rings. The van der Waals surface area contributed by atoms with E-state index in [1.54, 1.807) is 0 Å². The van der Waals surface area contributed by atoms with Crippen LogP contribution in [0.3, 0.4) is 0 Å². The Labute approximate surface area is 213 Å². The summed E-state index contributed by atoms with van der Waals surface area (Å²) in [5.74, 6) is -3.03. The molecular formula is C24H23F4N5O5. The van der Waals surface area contributed by atoms with Crippen LogP contribution in [0.15, 0.2) is 18.3 Å². The first-order chi connectivity index (χ1) is 17.9. The standard InChI is InChI=1S/C24H23F4N5O5/c1-32-20(15(8-29-32)24(26,27)28)13-6-14(7-13)30-23(37)38-10-12-3-2-11-9-33(22(36)18(11)19(12)25)16-4-5-17(34)31-21(16)35/h2-3,8,13-14,16H,4-7,9-10H2,1H3,(H,30,37)(H,31,34,35). The second-order valence-corrected chi connectivity index (χ2v) is 9.62. The van der Waals surface area contributed by atoms with Gasteiger partial charge in [0, 0.05) is 37.5 Å². The molecular weight excluding hydrogens is 514 g/mol. The van der Waals surface area contributed by atoms with Gasteiger partial charge in [-0.15, -0.1) is 0 Å². The molecule has 2 N–H and O–H groups in total. The van der Waals surface area contributed by atoms with Gasteiger partial charge in [0.25, 0.3) is 5.91 Å². The summed E-state index contributed by atoms with van der Waals surface area (Å²) in [5.41, 5.74) is -0.633. The van der Waals surface area contributed by atoms with Gasteiger partial charge in [-0.05, 0) is 24.8 Å². The molecule has 2 aliphatic heterocycles. The normalized spacial score (nSPS) is 23.1. The molecule has 1 unspecified atom stereocenters. The number of nitrogens with zero attached hydrogens (tertiary/aromatic N) is 3. The fourth-order valence-electron chi connectivity index (χ4n) is 5.22. The van der Waals surface area contributed by atoms with E-state index in [-0.39, 0.29) is 49.0 Å². The number of ether oxygens (including phenoxy) is 1. The van der Waals surface area contributed by atoms with E-state index in [2.05, 4.69) is 15.7 Å². The molecule has 1 atom stereocenters. The Morgan fingerprint density at radius 1 is 1.24 bits per heavy atom. The zero-order valence-corrected chi connectivity index (χ0v) is 20.1. The van der Waals surface area contributed by atoms with Crippen LogP contribution >= 0.6 is 0 Å². The molecule has 10 nitrogen and oxygen atoms in total. The third-order valence-corrected chi connectivity index (χ3v) is 7.21. The van der Waals surface area contributed by atoms with Gasteiger partial charge in [0.15, 0.2) is 0 Å². The van der Waals surface area contributed by atoms with Gasteiger partial charge in [-0.1, -0.05) is 12.1 Å². The zero-order valence-electron chi connectivity index (χ0n) is 20.1. The van der Waals surface area contributed by atoms with Crippen LogP contribution < -0.4 is 10.6 Å². The average Bonchev–Trinajstić information content (AvgIpc) is 3.36. The van der Waals surface area contributed by atoms with E-state index in [4.69, 9.17) is 4.74 Å². The van der Waals surface area contributed by atoms with Crippen molar-refractivity contribution in [3.63, 3.8) is 0 Å². The number of alkyl halides is 3. The van der Waals surface area contributed by atoms with Crippen molar-refractivity contribution in [2.24, 2.45) is 7.05 Å². The first kappa shape index (κ1) is 25.7. The van der Waals surface area contributed by atoms with Gasteiger partial charge in [-0.3, -0.25) is 24.4 Å². The molecule has 1 aliphatic carbocycles. The van der Waals surface area contributed by atoms with E-state index in [0.717, 1.165) is 6.20 Å². The summed E-state index contributed by atoms with van der Waals surface area (Å²) >= 11 is 0. The Morgan fingerprint density at radius 2 is 1.97 bits per heavy atom. The van der Waals surface area contributed by atoms with Crippen molar-refractivity contribution in [3.8, 4) is 0 Å². The number of alkyl carbamates (subject to hydrolysis) is 1. The lowest BCUT2D eigenvalue weighted by Crippen LogP contribution is -2.52. The van der Waals surface area contributed by atoms with Crippen molar-refractivity contribution in [3.05, 3.63) is 52.1 Å². The molecule has 1 saturated heterocycles. The molecule has 5 rings (SSSR count). The first-order valence-corrected chi connectivity index (χ1v) is 11.9. The third-order valence-electron chi connectivity index (χ3n) is 7.21. The van der Waals surface area contributed by atoms with Crippen molar-refractivity contribution in [1.82, 2.24) is 25.3 Å². The molecule has 2 aromatic rings. The van der Waals surface area contributed by atoms with Crippen molar-refractivity contribution in [2.45, 2.75) is 63.0 Å². The minimum absolute atomic E-state index is 0.00848. The Bertz CT molecular complexity index is 1330. The highest BCUT2D eigenvalue weighted by molar-refractivity contribution is 6.05. The fraction of sp³-hybridized carbons (Fsp3) is 0.458. The van der Waals surface area contributed by atoms with E-state index in [0.29, 0.717) is 5.56 Å². The highest BCUT2D eigenvalue weighted by Gasteiger charge is 2.43. The van der Waals surface area contributed by atoms with Gasteiger partial charge < -0.3 is 15.0 Å². The van der Waals surface area contributed by atoms with E-state index in [1.165, 1.54) is 28.8 Å². The van der Waals surface area contributed by atoms with Crippen molar-refractivity contribution in [2.75, 3.05) is 0 Å². The predicted molar refractivity (Wildman–Crippen MR) is 120 cm³/mol. The lowest BCUT2D eigenvalue weighted by molar-refractivity contribution is -0.139.